The molecular weight excluding hydrogens is 250 g/mol. The van der Waals surface area contributed by atoms with Crippen LogP contribution >= 0.6 is 0 Å². The number of nitrogens with one attached hydrogen (secondary N) is 2. The lowest BCUT2D eigenvalue weighted by atomic mass is 10.1. The van der Waals surface area contributed by atoms with Crippen molar-refractivity contribution < 1.29 is 0 Å². The minimum absolute atomic E-state index is 0.549. The Hall–Kier alpha value is -2.17. The fourth-order valence-electron chi connectivity index (χ4n) is 1.74. The Balaban J connectivity index is 1.82. The van der Waals surface area contributed by atoms with Crippen molar-refractivity contribution in [3.05, 3.63) is 42.1 Å². The van der Waals surface area contributed by atoms with E-state index in [0.29, 0.717) is 11.9 Å². The van der Waals surface area contributed by atoms with E-state index in [-0.39, 0.29) is 0 Å². The second-order valence-corrected chi connectivity index (χ2v) is 5.10. The van der Waals surface area contributed by atoms with Gasteiger partial charge < -0.3 is 10.6 Å². The maximum Gasteiger partial charge on any atom is 0.244 e. The van der Waals surface area contributed by atoms with E-state index in [4.69, 9.17) is 0 Å². The first-order valence-electron chi connectivity index (χ1n) is 6.95. The van der Waals surface area contributed by atoms with Gasteiger partial charge in [0.25, 0.3) is 0 Å². The first kappa shape index (κ1) is 14.2. The minimum atomic E-state index is 0.549. The molecule has 1 heterocycles. The topological polar surface area (TPSA) is 62.7 Å². The summed E-state index contributed by atoms with van der Waals surface area (Å²) in [6, 6.07) is 10.4. The number of hydrogen-bond donors (Lipinski definition) is 2. The van der Waals surface area contributed by atoms with E-state index < -0.39 is 0 Å². The largest absolute Gasteiger partial charge is 0.368 e. The van der Waals surface area contributed by atoms with Gasteiger partial charge in [-0.3, -0.25) is 0 Å². The highest BCUT2D eigenvalue weighted by Crippen LogP contribution is 2.05. The lowest BCUT2D eigenvalue weighted by Crippen LogP contribution is -2.13. The molecule has 1 aromatic heterocycles. The van der Waals surface area contributed by atoms with E-state index in [0.717, 1.165) is 25.3 Å². The molecule has 106 valence electrons. The number of hydrogen-bond acceptors (Lipinski definition) is 5. The number of anilines is 2. The van der Waals surface area contributed by atoms with Crippen molar-refractivity contribution >= 4 is 11.8 Å². The summed E-state index contributed by atoms with van der Waals surface area (Å²) in [5.41, 5.74) is 1.31. The maximum absolute atomic E-state index is 4.38. The van der Waals surface area contributed by atoms with E-state index in [1.807, 2.05) is 6.07 Å². The van der Waals surface area contributed by atoms with Crippen LogP contribution < -0.4 is 10.6 Å². The Morgan fingerprint density at radius 1 is 1.10 bits per heavy atom. The van der Waals surface area contributed by atoms with Gasteiger partial charge in [-0.15, -0.1) is 5.10 Å². The molecule has 0 fully saturated rings. The van der Waals surface area contributed by atoms with Gasteiger partial charge in [-0.25, -0.2) is 0 Å². The fraction of sp³-hybridized carbons (Fsp3) is 0.400. The second kappa shape index (κ2) is 7.43. The Bertz CT molecular complexity index is 513. The van der Waals surface area contributed by atoms with Crippen molar-refractivity contribution in [2.24, 2.45) is 5.92 Å². The average molecular weight is 271 g/mol. The summed E-state index contributed by atoms with van der Waals surface area (Å²) >= 11 is 0. The summed E-state index contributed by atoms with van der Waals surface area (Å²) in [5.74, 6) is 1.87. The summed E-state index contributed by atoms with van der Waals surface area (Å²) in [6.45, 7) is 5.95. The number of aromatic nitrogens is 3. The highest BCUT2D eigenvalue weighted by molar-refractivity contribution is 5.37. The van der Waals surface area contributed by atoms with Crippen LogP contribution in [0.25, 0.3) is 0 Å². The number of rotatable bonds is 7. The SMILES string of the molecule is CC(C)CNc1nncc(NCCc2ccccc2)n1. The maximum atomic E-state index is 4.38. The van der Waals surface area contributed by atoms with E-state index in [2.05, 4.69) is 63.9 Å². The molecule has 0 spiro atoms. The summed E-state index contributed by atoms with van der Waals surface area (Å²) in [5, 5.41) is 14.4. The third kappa shape index (κ3) is 4.84. The van der Waals surface area contributed by atoms with E-state index >= 15 is 0 Å². The molecule has 2 aromatic rings. The third-order valence-corrected chi connectivity index (χ3v) is 2.79. The molecule has 5 heteroatoms. The Labute approximate surface area is 119 Å². The number of benzene rings is 1. The summed E-state index contributed by atoms with van der Waals surface area (Å²) in [6.07, 6.45) is 2.60. The highest BCUT2D eigenvalue weighted by atomic mass is 15.3. The molecule has 0 radical (unpaired) electrons. The fourth-order valence-corrected chi connectivity index (χ4v) is 1.74. The van der Waals surface area contributed by atoms with Gasteiger partial charge >= 0.3 is 0 Å². The second-order valence-electron chi connectivity index (χ2n) is 5.10. The molecule has 20 heavy (non-hydrogen) atoms. The van der Waals surface area contributed by atoms with Gasteiger partial charge in [0.15, 0.2) is 5.82 Å². The standard InChI is InChI=1S/C15H21N5/c1-12(2)10-17-15-19-14(11-18-20-15)16-9-8-13-6-4-3-5-7-13/h3-7,11-12H,8-10H2,1-2H3,(H2,16,17,19,20). The van der Waals surface area contributed by atoms with Crippen LogP contribution in [0.2, 0.25) is 0 Å². The zero-order chi connectivity index (χ0) is 14.2. The van der Waals surface area contributed by atoms with Crippen LogP contribution in [-0.2, 0) is 6.42 Å². The van der Waals surface area contributed by atoms with Gasteiger partial charge in [-0.05, 0) is 17.9 Å². The molecule has 0 bridgehead atoms. The summed E-state index contributed by atoms with van der Waals surface area (Å²) in [7, 11) is 0. The van der Waals surface area contributed by atoms with Gasteiger partial charge in [0, 0.05) is 13.1 Å². The smallest absolute Gasteiger partial charge is 0.244 e. The Morgan fingerprint density at radius 2 is 1.90 bits per heavy atom. The molecule has 0 aliphatic rings. The minimum Gasteiger partial charge on any atom is -0.368 e. The first-order chi connectivity index (χ1) is 9.74. The lowest BCUT2D eigenvalue weighted by Gasteiger charge is -2.09. The van der Waals surface area contributed by atoms with Gasteiger partial charge in [-0.2, -0.15) is 10.1 Å². The van der Waals surface area contributed by atoms with Crippen molar-refractivity contribution in [3.63, 3.8) is 0 Å². The van der Waals surface area contributed by atoms with Crippen LogP contribution in [0.1, 0.15) is 19.4 Å². The Kier molecular flexibility index (Phi) is 5.29. The Morgan fingerprint density at radius 3 is 2.65 bits per heavy atom. The molecule has 0 saturated carbocycles. The normalized spacial score (nSPS) is 10.6. The van der Waals surface area contributed by atoms with Crippen LogP contribution in [0, 0.1) is 5.92 Å². The predicted molar refractivity (Wildman–Crippen MR) is 81.8 cm³/mol. The monoisotopic (exact) mass is 271 g/mol. The molecule has 0 aliphatic carbocycles. The highest BCUT2D eigenvalue weighted by Gasteiger charge is 2.01. The van der Waals surface area contributed by atoms with Crippen molar-refractivity contribution in [2.75, 3.05) is 23.7 Å². The molecule has 0 aliphatic heterocycles. The van der Waals surface area contributed by atoms with Crippen molar-refractivity contribution in [2.45, 2.75) is 20.3 Å². The zero-order valence-corrected chi connectivity index (χ0v) is 12.0. The van der Waals surface area contributed by atoms with Crippen LogP contribution in [0.15, 0.2) is 36.5 Å². The van der Waals surface area contributed by atoms with E-state index in [1.165, 1.54) is 5.56 Å². The quantitative estimate of drug-likeness (QED) is 0.810. The number of nitrogens with zero attached hydrogens (tertiary/aromatic N) is 3. The van der Waals surface area contributed by atoms with Gasteiger partial charge in [0.2, 0.25) is 5.95 Å². The molecule has 5 nitrogen and oxygen atoms in total. The van der Waals surface area contributed by atoms with Crippen LogP contribution in [0.3, 0.4) is 0 Å². The van der Waals surface area contributed by atoms with Gasteiger partial charge in [0.1, 0.15) is 0 Å². The van der Waals surface area contributed by atoms with Crippen LogP contribution in [0.4, 0.5) is 11.8 Å². The summed E-state index contributed by atoms with van der Waals surface area (Å²) in [4.78, 5) is 4.38. The van der Waals surface area contributed by atoms with Crippen molar-refractivity contribution in [3.8, 4) is 0 Å². The lowest BCUT2D eigenvalue weighted by molar-refractivity contribution is 0.682. The first-order valence-corrected chi connectivity index (χ1v) is 6.95. The van der Waals surface area contributed by atoms with Gasteiger partial charge in [0.05, 0.1) is 6.20 Å². The van der Waals surface area contributed by atoms with Gasteiger partial charge in [-0.1, -0.05) is 44.2 Å². The molecule has 1 aromatic carbocycles. The van der Waals surface area contributed by atoms with Crippen LogP contribution in [0.5, 0.6) is 0 Å². The molecule has 0 unspecified atom stereocenters. The molecule has 2 rings (SSSR count). The van der Waals surface area contributed by atoms with Crippen molar-refractivity contribution in [1.29, 1.82) is 0 Å². The molecule has 0 amide bonds. The predicted octanol–water partition coefficient (Wildman–Crippen LogP) is 2.59. The molecule has 0 saturated heterocycles. The van der Waals surface area contributed by atoms with Crippen LogP contribution in [-0.4, -0.2) is 28.3 Å². The van der Waals surface area contributed by atoms with Crippen molar-refractivity contribution in [1.82, 2.24) is 15.2 Å². The van der Waals surface area contributed by atoms with E-state index in [9.17, 15) is 0 Å². The van der Waals surface area contributed by atoms with E-state index in [1.54, 1.807) is 6.20 Å². The molecular formula is C15H21N5. The average Bonchev–Trinajstić information content (AvgIpc) is 2.47. The molecule has 0 atom stereocenters. The summed E-state index contributed by atoms with van der Waals surface area (Å²) < 4.78 is 0. The third-order valence-electron chi connectivity index (χ3n) is 2.79. The zero-order valence-electron chi connectivity index (χ0n) is 12.0. The molecule has 2 N–H and O–H groups in total.